The van der Waals surface area contributed by atoms with Gasteiger partial charge >= 0.3 is 0 Å². The van der Waals surface area contributed by atoms with Crippen molar-refractivity contribution in [1.29, 1.82) is 0 Å². The van der Waals surface area contributed by atoms with Gasteiger partial charge < -0.3 is 9.13 Å². The quantitative estimate of drug-likeness (QED) is 0.191. The molecule has 0 bridgehead atoms. The maximum Gasteiger partial charge on any atom is 0.0588 e. The summed E-state index contributed by atoms with van der Waals surface area (Å²) in [6, 6.07) is 57.9. The molecule has 2 heterocycles. The Morgan fingerprint density at radius 2 is 0.957 bits per heavy atom. The Balaban J connectivity index is 1.20. The fourth-order valence-electron chi connectivity index (χ4n) is 8.39. The van der Waals surface area contributed by atoms with Gasteiger partial charge in [-0.3, -0.25) is 0 Å². The molecule has 2 nitrogen and oxygen atoms in total. The zero-order chi connectivity index (χ0) is 31.3. The van der Waals surface area contributed by atoms with Crippen molar-refractivity contribution in [1.82, 2.24) is 9.13 Å². The number of nitrogens with zero attached hydrogens (tertiary/aromatic N) is 2. The van der Waals surface area contributed by atoms with Crippen LogP contribution < -0.4 is 0 Å². The molecule has 222 valence electrons. The Bertz CT molecular complexity index is 2690. The van der Waals surface area contributed by atoms with E-state index in [1.807, 2.05) is 0 Å². The summed E-state index contributed by atoms with van der Waals surface area (Å²) in [4.78, 5) is 0. The number of para-hydroxylation sites is 4. The molecule has 1 aliphatic carbocycles. The first-order valence-corrected chi connectivity index (χ1v) is 16.5. The second kappa shape index (κ2) is 9.57. The number of aromatic nitrogens is 2. The molecule has 0 radical (unpaired) electrons. The van der Waals surface area contributed by atoms with Gasteiger partial charge in [0.15, 0.2) is 0 Å². The molecule has 0 spiro atoms. The van der Waals surface area contributed by atoms with Gasteiger partial charge in [-0.15, -0.1) is 0 Å². The number of rotatable bonds is 3. The number of fused-ring (bicyclic) bond motifs is 10. The van der Waals surface area contributed by atoms with E-state index < -0.39 is 0 Å². The molecule has 0 amide bonds. The number of hydrogen-bond acceptors (Lipinski definition) is 0. The molecule has 2 aromatic heterocycles. The van der Waals surface area contributed by atoms with Gasteiger partial charge in [0.1, 0.15) is 0 Å². The van der Waals surface area contributed by atoms with Gasteiger partial charge in [0, 0.05) is 38.3 Å². The van der Waals surface area contributed by atoms with E-state index in [1.54, 1.807) is 0 Å². The first-order chi connectivity index (χ1) is 23.1. The lowest BCUT2D eigenvalue weighted by Gasteiger charge is -2.24. The summed E-state index contributed by atoms with van der Waals surface area (Å²) in [7, 11) is 0. The van der Waals surface area contributed by atoms with E-state index >= 15 is 0 Å². The van der Waals surface area contributed by atoms with Crippen LogP contribution in [0.3, 0.4) is 0 Å². The van der Waals surface area contributed by atoms with Crippen molar-refractivity contribution >= 4 is 43.6 Å². The third kappa shape index (κ3) is 3.61. The zero-order valence-electron chi connectivity index (χ0n) is 26.4. The first-order valence-electron chi connectivity index (χ1n) is 16.5. The molecule has 7 aromatic carbocycles. The van der Waals surface area contributed by atoms with Crippen LogP contribution in [0.25, 0.3) is 77.2 Å². The standard InChI is InChI=1S/C45H32N2/c1-45(2)39-25-21-29(30-22-26-42-38(28-30)34-18-10-11-19-40(34)46(42)31-13-5-3-6-14-31)27-37(39)35-23-24-36-33-17-9-12-20-41(33)47(44(36)43(35)45)32-15-7-4-8-16-32/h3-28H,1-2H3. The highest BCUT2D eigenvalue weighted by Gasteiger charge is 2.38. The molecule has 10 rings (SSSR count). The van der Waals surface area contributed by atoms with Crippen molar-refractivity contribution in [2.45, 2.75) is 19.3 Å². The van der Waals surface area contributed by atoms with Crippen LogP contribution in [-0.4, -0.2) is 9.13 Å². The van der Waals surface area contributed by atoms with Crippen LogP contribution in [0.15, 0.2) is 158 Å². The van der Waals surface area contributed by atoms with E-state index in [9.17, 15) is 0 Å². The van der Waals surface area contributed by atoms with Crippen LogP contribution in [0.4, 0.5) is 0 Å². The third-order valence-corrected chi connectivity index (χ3v) is 10.5. The largest absolute Gasteiger partial charge is 0.309 e. The summed E-state index contributed by atoms with van der Waals surface area (Å²) >= 11 is 0. The molecule has 2 heteroatoms. The highest BCUT2D eigenvalue weighted by molar-refractivity contribution is 6.13. The van der Waals surface area contributed by atoms with Gasteiger partial charge in [-0.05, 0) is 88.0 Å². The summed E-state index contributed by atoms with van der Waals surface area (Å²) in [5.74, 6) is 0. The summed E-state index contributed by atoms with van der Waals surface area (Å²) < 4.78 is 4.86. The minimum absolute atomic E-state index is 0.156. The lowest BCUT2D eigenvalue weighted by atomic mass is 9.81. The maximum atomic E-state index is 2.48. The summed E-state index contributed by atoms with van der Waals surface area (Å²) in [5.41, 5.74) is 15.2. The predicted molar refractivity (Wildman–Crippen MR) is 198 cm³/mol. The lowest BCUT2D eigenvalue weighted by Crippen LogP contribution is -2.16. The maximum absolute atomic E-state index is 2.48. The molecule has 47 heavy (non-hydrogen) atoms. The summed E-state index contributed by atoms with van der Waals surface area (Å²) in [6.07, 6.45) is 0. The van der Waals surface area contributed by atoms with E-state index in [2.05, 4.69) is 181 Å². The van der Waals surface area contributed by atoms with Crippen LogP contribution in [0.2, 0.25) is 0 Å². The van der Waals surface area contributed by atoms with E-state index in [1.165, 1.54) is 88.4 Å². The Hall–Kier alpha value is -5.86. The van der Waals surface area contributed by atoms with Gasteiger partial charge in [0.05, 0.1) is 22.1 Å². The SMILES string of the molecule is CC1(C)c2ccc(-c3ccc4c(c3)c3ccccc3n4-c3ccccc3)cc2-c2ccc3c4ccccc4n(-c4ccccc4)c3c21. The second-order valence-electron chi connectivity index (χ2n) is 13.4. The van der Waals surface area contributed by atoms with Crippen molar-refractivity contribution in [3.05, 3.63) is 169 Å². The molecule has 0 fully saturated rings. The van der Waals surface area contributed by atoms with Gasteiger partial charge in [-0.2, -0.15) is 0 Å². The Kier molecular flexibility index (Phi) is 5.37. The van der Waals surface area contributed by atoms with E-state index in [4.69, 9.17) is 0 Å². The van der Waals surface area contributed by atoms with Crippen LogP contribution in [0.5, 0.6) is 0 Å². The molecule has 9 aromatic rings. The molecule has 0 unspecified atom stereocenters. The van der Waals surface area contributed by atoms with Crippen LogP contribution >= 0.6 is 0 Å². The molecule has 0 saturated heterocycles. The summed E-state index contributed by atoms with van der Waals surface area (Å²) in [5, 5.41) is 5.16. The van der Waals surface area contributed by atoms with Crippen LogP contribution in [0, 0.1) is 0 Å². The van der Waals surface area contributed by atoms with Crippen LogP contribution in [0.1, 0.15) is 25.0 Å². The molecule has 0 atom stereocenters. The molecule has 0 saturated carbocycles. The molecule has 0 aliphatic heterocycles. The highest BCUT2D eigenvalue weighted by Crippen LogP contribution is 2.53. The van der Waals surface area contributed by atoms with E-state index in [0.717, 1.165) is 0 Å². The molecule has 1 aliphatic rings. The monoisotopic (exact) mass is 600 g/mol. The third-order valence-electron chi connectivity index (χ3n) is 10.5. The van der Waals surface area contributed by atoms with Gasteiger partial charge in [0.25, 0.3) is 0 Å². The normalized spacial score (nSPS) is 13.5. The summed E-state index contributed by atoms with van der Waals surface area (Å²) in [6.45, 7) is 4.79. The van der Waals surface area contributed by atoms with Crippen molar-refractivity contribution in [3.63, 3.8) is 0 Å². The molecular weight excluding hydrogens is 569 g/mol. The fourth-order valence-corrected chi connectivity index (χ4v) is 8.39. The number of benzene rings is 7. The van der Waals surface area contributed by atoms with Gasteiger partial charge in [-0.25, -0.2) is 0 Å². The van der Waals surface area contributed by atoms with Crippen molar-refractivity contribution in [2.75, 3.05) is 0 Å². The highest BCUT2D eigenvalue weighted by atomic mass is 15.0. The van der Waals surface area contributed by atoms with Gasteiger partial charge in [-0.1, -0.05) is 117 Å². The Labute approximate surface area is 273 Å². The Morgan fingerprint density at radius 3 is 1.68 bits per heavy atom. The van der Waals surface area contributed by atoms with Crippen molar-refractivity contribution in [2.24, 2.45) is 0 Å². The van der Waals surface area contributed by atoms with Crippen molar-refractivity contribution in [3.8, 4) is 33.6 Å². The molecule has 0 N–H and O–H groups in total. The predicted octanol–water partition coefficient (Wildman–Crippen LogP) is 11.9. The zero-order valence-corrected chi connectivity index (χ0v) is 26.4. The minimum atomic E-state index is -0.156. The smallest absolute Gasteiger partial charge is 0.0588 e. The fraction of sp³-hybridized carbons (Fsp3) is 0.0667. The van der Waals surface area contributed by atoms with Crippen LogP contribution in [-0.2, 0) is 5.41 Å². The Morgan fingerprint density at radius 1 is 0.404 bits per heavy atom. The average Bonchev–Trinajstić information content (AvgIpc) is 3.72. The van der Waals surface area contributed by atoms with Crippen molar-refractivity contribution < 1.29 is 0 Å². The van der Waals surface area contributed by atoms with Gasteiger partial charge in [0.2, 0.25) is 0 Å². The second-order valence-corrected chi connectivity index (χ2v) is 13.4. The first kappa shape index (κ1) is 26.4. The number of hydrogen-bond donors (Lipinski definition) is 0. The molecular formula is C45H32N2. The van der Waals surface area contributed by atoms with E-state index in [0.29, 0.717) is 0 Å². The minimum Gasteiger partial charge on any atom is -0.309 e. The topological polar surface area (TPSA) is 9.86 Å². The lowest BCUT2D eigenvalue weighted by molar-refractivity contribution is 0.664. The van der Waals surface area contributed by atoms with E-state index in [-0.39, 0.29) is 5.41 Å². The average molecular weight is 601 g/mol.